The molecule has 0 aliphatic heterocycles. The maximum atomic E-state index is 13.0. The number of methoxy groups -OCH3 is 2. The number of aromatic nitrogens is 1. The average molecular weight is 576 g/mol. The van der Waals surface area contributed by atoms with Crippen LogP contribution in [0.3, 0.4) is 0 Å². The van der Waals surface area contributed by atoms with Gasteiger partial charge >= 0.3 is 11.9 Å². The molecular weight excluding hydrogens is 546 g/mol. The first-order chi connectivity index (χ1) is 20.0. The zero-order chi connectivity index (χ0) is 30.8. The first-order valence-corrected chi connectivity index (χ1v) is 12.6. The molecule has 4 N–H and O–H groups in total. The Morgan fingerprint density at radius 2 is 0.952 bits per heavy atom. The van der Waals surface area contributed by atoms with Gasteiger partial charge in [-0.1, -0.05) is 30.3 Å². The molecule has 0 spiro atoms. The van der Waals surface area contributed by atoms with Gasteiger partial charge in [0.25, 0.3) is 23.6 Å². The van der Waals surface area contributed by atoms with Gasteiger partial charge in [-0.3, -0.25) is 19.2 Å². The molecule has 0 unspecified atom stereocenters. The lowest BCUT2D eigenvalue weighted by molar-refractivity contribution is -0.143. The Morgan fingerprint density at radius 3 is 1.33 bits per heavy atom. The minimum atomic E-state index is -0.921. The summed E-state index contributed by atoms with van der Waals surface area (Å²) in [5, 5.41) is 10.2. The first kappa shape index (κ1) is 30.9. The van der Waals surface area contributed by atoms with E-state index in [4.69, 9.17) is 0 Å². The second-order valence-electron chi connectivity index (χ2n) is 8.84. The summed E-state index contributed by atoms with van der Waals surface area (Å²) < 4.78 is 9.23. The summed E-state index contributed by atoms with van der Waals surface area (Å²) in [7, 11) is 2.40. The number of nitrogens with zero attached hydrogens (tertiary/aromatic N) is 1. The maximum absolute atomic E-state index is 13.0. The fraction of sp³-hybridized carbons (Fsp3) is 0.207. The number of carbonyl (C=O) groups excluding carboxylic acids is 6. The highest BCUT2D eigenvalue weighted by Crippen LogP contribution is 2.18. The van der Waals surface area contributed by atoms with Crippen molar-refractivity contribution in [1.82, 2.24) is 15.6 Å². The van der Waals surface area contributed by atoms with Crippen molar-refractivity contribution in [1.29, 1.82) is 0 Å². The van der Waals surface area contributed by atoms with Gasteiger partial charge in [0, 0.05) is 0 Å². The van der Waals surface area contributed by atoms with Gasteiger partial charge in [-0.25, -0.2) is 14.6 Å². The molecule has 4 amide bonds. The van der Waals surface area contributed by atoms with Crippen LogP contribution in [0.25, 0.3) is 0 Å². The Kier molecular flexibility index (Phi) is 10.4. The predicted molar refractivity (Wildman–Crippen MR) is 151 cm³/mol. The number of hydrogen-bond acceptors (Lipinski definition) is 9. The number of pyridine rings is 1. The molecule has 42 heavy (non-hydrogen) atoms. The highest BCUT2D eigenvalue weighted by Gasteiger charge is 2.22. The van der Waals surface area contributed by atoms with Gasteiger partial charge in [-0.15, -0.1) is 0 Å². The van der Waals surface area contributed by atoms with Gasteiger partial charge in [0.1, 0.15) is 23.5 Å². The zero-order valence-corrected chi connectivity index (χ0v) is 23.2. The Hall–Kier alpha value is -5.59. The number of hydrogen-bond donors (Lipinski definition) is 4. The quantitative estimate of drug-likeness (QED) is 0.263. The van der Waals surface area contributed by atoms with Crippen molar-refractivity contribution in [2.45, 2.75) is 25.9 Å². The molecule has 0 aliphatic rings. The van der Waals surface area contributed by atoms with Crippen molar-refractivity contribution in [3.8, 4) is 0 Å². The van der Waals surface area contributed by atoms with E-state index in [-0.39, 0.29) is 33.9 Å². The Balaban J connectivity index is 1.76. The number of para-hydroxylation sites is 2. The van der Waals surface area contributed by atoms with E-state index < -0.39 is 47.7 Å². The van der Waals surface area contributed by atoms with Crippen molar-refractivity contribution < 1.29 is 38.2 Å². The lowest BCUT2D eigenvalue weighted by Gasteiger charge is -2.15. The van der Waals surface area contributed by atoms with Crippen LogP contribution in [-0.2, 0) is 19.1 Å². The molecule has 3 rings (SSSR count). The van der Waals surface area contributed by atoms with E-state index in [1.54, 1.807) is 24.3 Å². The molecule has 0 saturated heterocycles. The molecule has 0 bridgehead atoms. The lowest BCUT2D eigenvalue weighted by atomic mass is 10.1. The van der Waals surface area contributed by atoms with Crippen molar-refractivity contribution in [3.63, 3.8) is 0 Å². The molecule has 0 saturated carbocycles. The van der Waals surface area contributed by atoms with Crippen LogP contribution >= 0.6 is 0 Å². The maximum Gasteiger partial charge on any atom is 0.328 e. The molecule has 218 valence electrons. The van der Waals surface area contributed by atoms with E-state index in [0.717, 1.165) is 0 Å². The third-order valence-corrected chi connectivity index (χ3v) is 5.86. The zero-order valence-electron chi connectivity index (χ0n) is 23.2. The second-order valence-corrected chi connectivity index (χ2v) is 8.84. The predicted octanol–water partition coefficient (Wildman–Crippen LogP) is 2.17. The summed E-state index contributed by atoms with van der Waals surface area (Å²) in [4.78, 5) is 79.0. The summed E-state index contributed by atoms with van der Waals surface area (Å²) in [5.74, 6) is -3.92. The summed E-state index contributed by atoms with van der Waals surface area (Å²) in [5.41, 5.74) is 0.223. The minimum absolute atomic E-state index is 0.0897. The molecule has 1 aromatic heterocycles. The number of carbonyl (C=O) groups is 6. The van der Waals surface area contributed by atoms with Crippen LogP contribution in [0.15, 0.2) is 66.7 Å². The molecule has 0 aliphatic carbocycles. The van der Waals surface area contributed by atoms with Gasteiger partial charge in [-0.05, 0) is 50.2 Å². The molecule has 0 fully saturated rings. The monoisotopic (exact) mass is 575 g/mol. The minimum Gasteiger partial charge on any atom is -0.467 e. The van der Waals surface area contributed by atoms with Gasteiger partial charge in [0.15, 0.2) is 0 Å². The lowest BCUT2D eigenvalue weighted by Crippen LogP contribution is -2.39. The molecule has 2 atom stereocenters. The van der Waals surface area contributed by atoms with Crippen LogP contribution in [0.5, 0.6) is 0 Å². The summed E-state index contributed by atoms with van der Waals surface area (Å²) in [6, 6.07) is 14.7. The smallest absolute Gasteiger partial charge is 0.328 e. The Labute approximate surface area is 241 Å². The summed E-state index contributed by atoms with van der Waals surface area (Å²) >= 11 is 0. The van der Waals surface area contributed by atoms with Crippen molar-refractivity contribution >= 4 is 46.9 Å². The van der Waals surface area contributed by atoms with Gasteiger partial charge in [0.05, 0.1) is 36.7 Å². The van der Waals surface area contributed by atoms with E-state index in [9.17, 15) is 28.8 Å². The van der Waals surface area contributed by atoms with Gasteiger partial charge in [0.2, 0.25) is 0 Å². The Morgan fingerprint density at radius 1 is 0.571 bits per heavy atom. The van der Waals surface area contributed by atoms with Crippen LogP contribution in [0.2, 0.25) is 0 Å². The van der Waals surface area contributed by atoms with E-state index in [2.05, 4.69) is 35.7 Å². The van der Waals surface area contributed by atoms with Gasteiger partial charge < -0.3 is 30.7 Å². The number of ether oxygens (including phenoxy) is 2. The molecule has 2 aromatic carbocycles. The number of nitrogens with one attached hydrogen (secondary N) is 4. The van der Waals surface area contributed by atoms with Crippen molar-refractivity contribution in [2.75, 3.05) is 24.9 Å². The normalized spacial score (nSPS) is 11.7. The molecule has 13 heteroatoms. The van der Waals surface area contributed by atoms with Crippen molar-refractivity contribution in [3.05, 3.63) is 89.2 Å². The number of esters is 2. The van der Waals surface area contributed by atoms with Crippen LogP contribution in [0, 0.1) is 0 Å². The van der Waals surface area contributed by atoms with E-state index in [1.165, 1.54) is 70.5 Å². The van der Waals surface area contributed by atoms with Gasteiger partial charge in [-0.2, -0.15) is 0 Å². The molecule has 3 aromatic rings. The summed E-state index contributed by atoms with van der Waals surface area (Å²) in [6.45, 7) is 2.91. The Bertz CT molecular complexity index is 1410. The summed E-state index contributed by atoms with van der Waals surface area (Å²) in [6.07, 6.45) is 0. The third-order valence-electron chi connectivity index (χ3n) is 5.86. The largest absolute Gasteiger partial charge is 0.467 e. The number of rotatable bonds is 10. The van der Waals surface area contributed by atoms with Crippen molar-refractivity contribution in [2.24, 2.45) is 0 Å². The SMILES string of the molecule is COC(=O)[C@H](C)NC(=O)c1ccccc1NC(=O)c1cccc(C(=O)Nc2ccccc2C(=O)N[C@@H](C)C(=O)OC)n1. The average Bonchev–Trinajstić information content (AvgIpc) is 3.00. The number of anilines is 2. The highest BCUT2D eigenvalue weighted by molar-refractivity contribution is 6.11. The molecule has 0 radical (unpaired) electrons. The van der Waals surface area contributed by atoms with E-state index in [0.29, 0.717) is 0 Å². The number of amides is 4. The fourth-order valence-corrected chi connectivity index (χ4v) is 3.66. The topological polar surface area (TPSA) is 182 Å². The van der Waals surface area contributed by atoms with Crippen LogP contribution in [-0.4, -0.2) is 66.9 Å². The fourth-order valence-electron chi connectivity index (χ4n) is 3.66. The molecular formula is C29H29N5O8. The molecule has 13 nitrogen and oxygen atoms in total. The van der Waals surface area contributed by atoms with Crippen LogP contribution in [0.4, 0.5) is 11.4 Å². The van der Waals surface area contributed by atoms with E-state index >= 15 is 0 Å². The van der Waals surface area contributed by atoms with Crippen LogP contribution in [0.1, 0.15) is 55.5 Å². The molecule has 1 heterocycles. The van der Waals surface area contributed by atoms with E-state index in [1.807, 2.05) is 0 Å². The third kappa shape index (κ3) is 7.75. The standard InChI is InChI=1S/C29H29N5O8/c1-16(28(39)41-3)30-24(35)18-10-5-7-12-20(18)33-26(37)22-14-9-15-23(32-22)27(38)34-21-13-8-6-11-19(21)25(36)31-17(2)29(40)42-4/h5-17H,1-4H3,(H,30,35)(H,31,36)(H,33,37)(H,34,38)/t16-,17-/m0/s1. The number of benzene rings is 2. The first-order valence-electron chi connectivity index (χ1n) is 12.6. The highest BCUT2D eigenvalue weighted by atomic mass is 16.5. The second kappa shape index (κ2) is 14.2. The van der Waals surface area contributed by atoms with Crippen LogP contribution < -0.4 is 21.3 Å².